The zero-order valence-corrected chi connectivity index (χ0v) is 12.4. The summed E-state index contributed by atoms with van der Waals surface area (Å²) >= 11 is 0. The highest BCUT2D eigenvalue weighted by molar-refractivity contribution is 5.91. The first kappa shape index (κ1) is 14.7. The first-order valence-electron chi connectivity index (χ1n) is 6.88. The summed E-state index contributed by atoms with van der Waals surface area (Å²) in [5.41, 5.74) is 8.14. The molecule has 1 aromatic carbocycles. The minimum atomic E-state index is -0.369. The van der Waals surface area contributed by atoms with E-state index in [1.165, 1.54) is 26.4 Å². The van der Waals surface area contributed by atoms with Crippen LogP contribution in [-0.4, -0.2) is 44.2 Å². The first-order valence-corrected chi connectivity index (χ1v) is 6.88. The number of anilines is 2. The van der Waals surface area contributed by atoms with Crippen molar-refractivity contribution in [3.63, 3.8) is 0 Å². The van der Waals surface area contributed by atoms with E-state index in [0.717, 1.165) is 12.2 Å². The predicted octanol–water partition coefficient (Wildman–Crippen LogP) is 1.95. The average molecular weight is 277 g/mol. The van der Waals surface area contributed by atoms with Gasteiger partial charge in [-0.25, -0.2) is 4.79 Å². The van der Waals surface area contributed by atoms with Gasteiger partial charge < -0.3 is 20.7 Å². The lowest BCUT2D eigenvalue weighted by atomic mass is 9.75. The molecule has 110 valence electrons. The van der Waals surface area contributed by atoms with Crippen LogP contribution < -0.4 is 11.1 Å². The number of hydrogen-bond acceptors (Lipinski definition) is 5. The molecule has 0 aromatic heterocycles. The van der Waals surface area contributed by atoms with Crippen LogP contribution in [0, 0.1) is 0 Å². The number of likely N-dealkylation sites (N-methyl/N-ethyl adjacent to an activating group) is 1. The molecular formula is C15H23N3O2. The molecule has 1 fully saturated rings. The minimum absolute atomic E-state index is 0.230. The summed E-state index contributed by atoms with van der Waals surface area (Å²) in [6.45, 7) is 0.863. The molecule has 0 bridgehead atoms. The fourth-order valence-corrected chi connectivity index (χ4v) is 2.60. The van der Waals surface area contributed by atoms with Gasteiger partial charge in [0, 0.05) is 12.1 Å². The summed E-state index contributed by atoms with van der Waals surface area (Å²) < 4.78 is 4.68. The number of nitrogen functional groups attached to an aromatic ring is 1. The van der Waals surface area contributed by atoms with Gasteiger partial charge in [-0.1, -0.05) is 0 Å². The van der Waals surface area contributed by atoms with E-state index in [2.05, 4.69) is 29.0 Å². The third kappa shape index (κ3) is 2.72. The van der Waals surface area contributed by atoms with Crippen molar-refractivity contribution < 1.29 is 9.53 Å². The number of nitrogens with two attached hydrogens (primary N) is 1. The Morgan fingerprint density at radius 3 is 2.60 bits per heavy atom. The minimum Gasteiger partial charge on any atom is -0.465 e. The van der Waals surface area contributed by atoms with E-state index in [4.69, 9.17) is 5.73 Å². The highest BCUT2D eigenvalue weighted by Gasteiger charge is 2.38. The summed E-state index contributed by atoms with van der Waals surface area (Å²) in [6, 6.07) is 5.22. The number of esters is 1. The molecule has 1 saturated carbocycles. The number of benzene rings is 1. The number of methoxy groups -OCH3 is 1. The number of ether oxygens (including phenoxy) is 1. The van der Waals surface area contributed by atoms with E-state index in [0.29, 0.717) is 11.3 Å². The van der Waals surface area contributed by atoms with E-state index in [1.807, 2.05) is 6.07 Å². The molecule has 0 atom stereocenters. The van der Waals surface area contributed by atoms with E-state index >= 15 is 0 Å². The van der Waals surface area contributed by atoms with Gasteiger partial charge >= 0.3 is 5.97 Å². The Balaban J connectivity index is 2.05. The van der Waals surface area contributed by atoms with Crippen LogP contribution in [-0.2, 0) is 4.74 Å². The summed E-state index contributed by atoms with van der Waals surface area (Å²) in [7, 11) is 5.59. The van der Waals surface area contributed by atoms with E-state index in [9.17, 15) is 4.79 Å². The molecule has 1 aromatic rings. The number of carbonyl (C=O) groups is 1. The lowest BCUT2D eigenvalue weighted by molar-refractivity contribution is 0.0601. The quantitative estimate of drug-likeness (QED) is 0.636. The van der Waals surface area contributed by atoms with Gasteiger partial charge in [-0.05, 0) is 51.6 Å². The average Bonchev–Trinajstić information content (AvgIpc) is 2.37. The van der Waals surface area contributed by atoms with Crippen molar-refractivity contribution in [2.75, 3.05) is 38.8 Å². The van der Waals surface area contributed by atoms with Crippen molar-refractivity contribution in [3.05, 3.63) is 23.8 Å². The molecule has 5 heteroatoms. The third-order valence-corrected chi connectivity index (χ3v) is 4.31. The Morgan fingerprint density at radius 2 is 2.15 bits per heavy atom. The maximum atomic E-state index is 11.4. The molecule has 3 N–H and O–H groups in total. The molecule has 1 aliphatic carbocycles. The van der Waals surface area contributed by atoms with Crippen molar-refractivity contribution in [1.29, 1.82) is 0 Å². The number of rotatable bonds is 5. The van der Waals surface area contributed by atoms with Crippen LogP contribution in [0.1, 0.15) is 29.6 Å². The summed E-state index contributed by atoms with van der Waals surface area (Å²) in [4.78, 5) is 13.7. The predicted molar refractivity (Wildman–Crippen MR) is 81.0 cm³/mol. The molecule has 0 unspecified atom stereocenters. The standard InChI is InChI=1S/C15H23N3O2/c1-18(2)15(7-4-8-15)10-17-13-6-5-11(9-12(13)16)14(19)20-3/h5-6,9,17H,4,7-8,10,16H2,1-3H3. The molecule has 5 nitrogen and oxygen atoms in total. The number of hydrogen-bond donors (Lipinski definition) is 2. The zero-order valence-electron chi connectivity index (χ0n) is 12.4. The second-order valence-corrected chi connectivity index (χ2v) is 5.62. The molecule has 0 aliphatic heterocycles. The molecule has 0 radical (unpaired) electrons. The third-order valence-electron chi connectivity index (χ3n) is 4.31. The van der Waals surface area contributed by atoms with Crippen LogP contribution in [0.4, 0.5) is 11.4 Å². The number of nitrogens with one attached hydrogen (secondary N) is 1. The summed E-state index contributed by atoms with van der Waals surface area (Å²) in [5.74, 6) is -0.369. The first-order chi connectivity index (χ1) is 9.48. The molecule has 0 saturated heterocycles. The highest BCUT2D eigenvalue weighted by atomic mass is 16.5. The van der Waals surface area contributed by atoms with Gasteiger partial charge in [0.25, 0.3) is 0 Å². The van der Waals surface area contributed by atoms with Crippen LogP contribution in [0.25, 0.3) is 0 Å². The molecule has 1 aliphatic rings. The molecule has 0 spiro atoms. The van der Waals surface area contributed by atoms with Crippen LogP contribution in [0.5, 0.6) is 0 Å². The van der Waals surface area contributed by atoms with Crippen LogP contribution in [0.3, 0.4) is 0 Å². The fraction of sp³-hybridized carbons (Fsp3) is 0.533. The van der Waals surface area contributed by atoms with Gasteiger partial charge in [-0.15, -0.1) is 0 Å². The lowest BCUT2D eigenvalue weighted by Gasteiger charge is -2.47. The fourth-order valence-electron chi connectivity index (χ4n) is 2.60. The maximum Gasteiger partial charge on any atom is 0.337 e. The topological polar surface area (TPSA) is 67.6 Å². The Morgan fingerprint density at radius 1 is 1.45 bits per heavy atom. The van der Waals surface area contributed by atoms with Gasteiger partial charge in [0.1, 0.15) is 0 Å². The molecule has 0 amide bonds. The normalized spacial score (nSPS) is 16.6. The Bertz CT molecular complexity index is 496. The van der Waals surface area contributed by atoms with Gasteiger partial charge in [0.15, 0.2) is 0 Å². The van der Waals surface area contributed by atoms with Crippen molar-refractivity contribution >= 4 is 17.3 Å². The van der Waals surface area contributed by atoms with Crippen molar-refractivity contribution in [2.24, 2.45) is 0 Å². The van der Waals surface area contributed by atoms with Gasteiger partial charge in [0.2, 0.25) is 0 Å². The zero-order chi connectivity index (χ0) is 14.8. The second kappa shape index (κ2) is 5.71. The molecule has 20 heavy (non-hydrogen) atoms. The highest BCUT2D eigenvalue weighted by Crippen LogP contribution is 2.36. The Labute approximate surface area is 120 Å². The van der Waals surface area contributed by atoms with Crippen LogP contribution in [0.2, 0.25) is 0 Å². The molecular weight excluding hydrogens is 254 g/mol. The smallest absolute Gasteiger partial charge is 0.337 e. The molecule has 0 heterocycles. The molecule has 2 rings (SSSR count). The summed E-state index contributed by atoms with van der Waals surface area (Å²) in [6.07, 6.45) is 3.68. The Kier molecular flexibility index (Phi) is 4.18. The van der Waals surface area contributed by atoms with Crippen LogP contribution in [0.15, 0.2) is 18.2 Å². The second-order valence-electron chi connectivity index (χ2n) is 5.62. The van der Waals surface area contributed by atoms with Crippen LogP contribution >= 0.6 is 0 Å². The Hall–Kier alpha value is -1.75. The van der Waals surface area contributed by atoms with Gasteiger partial charge in [0.05, 0.1) is 24.0 Å². The number of nitrogens with zero attached hydrogens (tertiary/aromatic N) is 1. The van der Waals surface area contributed by atoms with Gasteiger partial charge in [-0.3, -0.25) is 0 Å². The van der Waals surface area contributed by atoms with Crippen molar-refractivity contribution in [3.8, 4) is 0 Å². The van der Waals surface area contributed by atoms with E-state index in [1.54, 1.807) is 12.1 Å². The largest absolute Gasteiger partial charge is 0.465 e. The monoisotopic (exact) mass is 277 g/mol. The number of carbonyl (C=O) groups excluding carboxylic acids is 1. The van der Waals surface area contributed by atoms with E-state index in [-0.39, 0.29) is 11.5 Å². The van der Waals surface area contributed by atoms with E-state index < -0.39 is 0 Å². The summed E-state index contributed by atoms with van der Waals surface area (Å²) in [5, 5.41) is 3.40. The van der Waals surface area contributed by atoms with Crippen molar-refractivity contribution in [2.45, 2.75) is 24.8 Å². The van der Waals surface area contributed by atoms with Crippen molar-refractivity contribution in [1.82, 2.24) is 4.90 Å². The van der Waals surface area contributed by atoms with Gasteiger partial charge in [-0.2, -0.15) is 0 Å². The SMILES string of the molecule is COC(=O)c1ccc(NCC2(N(C)C)CCC2)c(N)c1. The lowest BCUT2D eigenvalue weighted by Crippen LogP contribution is -2.54. The maximum absolute atomic E-state index is 11.4.